The van der Waals surface area contributed by atoms with Crippen LogP contribution >= 0.6 is 11.6 Å². The maximum Gasteiger partial charge on any atom is 0.318 e. The van der Waals surface area contributed by atoms with Crippen LogP contribution in [0.15, 0.2) is 35.3 Å². The molecule has 3 rings (SSSR count). The molecule has 0 amide bonds. The van der Waals surface area contributed by atoms with Gasteiger partial charge in [-0.05, 0) is 24.3 Å². The highest BCUT2D eigenvalue weighted by Gasteiger charge is 2.11. The minimum atomic E-state index is -0.305. The normalized spacial score (nSPS) is 10.7. The Labute approximate surface area is 166 Å². The van der Waals surface area contributed by atoms with Gasteiger partial charge in [-0.25, -0.2) is 4.98 Å². The highest BCUT2D eigenvalue weighted by Crippen LogP contribution is 2.27. The molecule has 0 spiro atoms. The molecule has 0 unspecified atom stereocenters. The summed E-state index contributed by atoms with van der Waals surface area (Å²) < 4.78 is 11.9. The second-order valence-corrected chi connectivity index (χ2v) is 6.41. The van der Waals surface area contributed by atoms with E-state index >= 15 is 0 Å². The lowest BCUT2D eigenvalue weighted by molar-refractivity contribution is -0.120. The zero-order valence-electron chi connectivity index (χ0n) is 15.7. The van der Waals surface area contributed by atoms with Gasteiger partial charge in [0, 0.05) is 24.5 Å². The first-order valence-corrected chi connectivity index (χ1v) is 8.92. The van der Waals surface area contributed by atoms with Crippen molar-refractivity contribution in [2.45, 2.75) is 13.3 Å². The molecule has 0 fully saturated rings. The molecule has 0 saturated carbocycles. The van der Waals surface area contributed by atoms with Gasteiger partial charge in [-0.2, -0.15) is 4.98 Å². The van der Waals surface area contributed by atoms with Crippen LogP contribution in [0.4, 0.5) is 11.5 Å². The van der Waals surface area contributed by atoms with E-state index in [0.29, 0.717) is 22.9 Å². The second kappa shape index (κ2) is 8.26. The molecule has 9 heteroatoms. The van der Waals surface area contributed by atoms with Gasteiger partial charge in [0.25, 0.3) is 5.56 Å². The number of benzene rings is 1. The van der Waals surface area contributed by atoms with E-state index in [1.807, 2.05) is 6.07 Å². The van der Waals surface area contributed by atoms with Crippen LogP contribution in [0.3, 0.4) is 0 Å². The number of hydrogen-bond acceptors (Lipinski definition) is 7. The number of carbonyl (C=O) groups is 1. The predicted octanol–water partition coefficient (Wildman–Crippen LogP) is 3.09. The summed E-state index contributed by atoms with van der Waals surface area (Å²) in [5.41, 5.74) is 1.11. The molecule has 28 heavy (non-hydrogen) atoms. The van der Waals surface area contributed by atoms with Crippen LogP contribution in [0.25, 0.3) is 10.9 Å². The Hall–Kier alpha value is -3.13. The molecule has 0 aliphatic carbocycles. The molecule has 8 nitrogen and oxygen atoms in total. The maximum absolute atomic E-state index is 12.4. The molecule has 3 aromatic rings. The third-order valence-electron chi connectivity index (χ3n) is 4.14. The number of nitrogens with zero attached hydrogens (tertiary/aromatic N) is 3. The number of aromatic nitrogens is 3. The van der Waals surface area contributed by atoms with Gasteiger partial charge >= 0.3 is 6.01 Å². The van der Waals surface area contributed by atoms with E-state index in [4.69, 9.17) is 21.1 Å². The minimum Gasteiger partial charge on any atom is -0.480 e. The first-order valence-electron chi connectivity index (χ1n) is 8.54. The van der Waals surface area contributed by atoms with Gasteiger partial charge in [-0.1, -0.05) is 18.5 Å². The van der Waals surface area contributed by atoms with Crippen molar-refractivity contribution in [3.05, 3.63) is 45.8 Å². The van der Waals surface area contributed by atoms with Crippen LogP contribution in [0, 0.1) is 0 Å². The molecular weight excluding hydrogens is 384 g/mol. The van der Waals surface area contributed by atoms with Crippen LogP contribution in [0.5, 0.6) is 11.8 Å². The van der Waals surface area contributed by atoms with Crippen LogP contribution in [-0.4, -0.2) is 34.0 Å². The number of ether oxygens (including phenoxy) is 2. The number of rotatable bonds is 7. The van der Waals surface area contributed by atoms with Crippen LogP contribution < -0.4 is 20.3 Å². The van der Waals surface area contributed by atoms with Crippen LogP contribution in [0.1, 0.15) is 13.3 Å². The van der Waals surface area contributed by atoms with Gasteiger partial charge in [-0.15, -0.1) is 0 Å². The van der Waals surface area contributed by atoms with Gasteiger partial charge < -0.3 is 19.4 Å². The summed E-state index contributed by atoms with van der Waals surface area (Å²) in [7, 11) is 3.12. The van der Waals surface area contributed by atoms with Crippen molar-refractivity contribution >= 4 is 39.8 Å². The first-order chi connectivity index (χ1) is 13.4. The van der Waals surface area contributed by atoms with Crippen molar-refractivity contribution < 1.29 is 14.3 Å². The molecule has 2 heterocycles. The first kappa shape index (κ1) is 19.6. The number of aryl methyl sites for hydroxylation is 1. The highest BCUT2D eigenvalue weighted by atomic mass is 35.5. The van der Waals surface area contributed by atoms with Crippen molar-refractivity contribution in [1.29, 1.82) is 0 Å². The summed E-state index contributed by atoms with van der Waals surface area (Å²) in [6, 6.07) is 7.23. The number of methoxy groups -OCH3 is 1. The van der Waals surface area contributed by atoms with Crippen molar-refractivity contribution in [2.75, 3.05) is 19.0 Å². The number of Topliss-reactive ketones (excluding diaryl/α,β-unsaturated/α-hetero) is 1. The molecule has 0 saturated heterocycles. The van der Waals surface area contributed by atoms with E-state index < -0.39 is 0 Å². The van der Waals surface area contributed by atoms with E-state index in [0.717, 1.165) is 10.9 Å². The summed E-state index contributed by atoms with van der Waals surface area (Å²) in [5.74, 6) is 0.434. The van der Waals surface area contributed by atoms with E-state index in [1.165, 1.54) is 17.9 Å². The number of halogens is 1. The van der Waals surface area contributed by atoms with Crippen molar-refractivity contribution in [3.63, 3.8) is 0 Å². The number of fused-ring (bicyclic) bond motifs is 1. The Morgan fingerprint density at radius 1 is 1.32 bits per heavy atom. The Morgan fingerprint density at radius 3 is 2.82 bits per heavy atom. The van der Waals surface area contributed by atoms with Gasteiger partial charge in [0.15, 0.2) is 17.4 Å². The van der Waals surface area contributed by atoms with Crippen LogP contribution in [-0.2, 0) is 11.8 Å². The summed E-state index contributed by atoms with van der Waals surface area (Å²) in [4.78, 5) is 32.1. The lowest BCUT2D eigenvalue weighted by Crippen LogP contribution is -2.21. The molecule has 0 aliphatic heterocycles. The molecular formula is C19H19ClN4O4. The Balaban J connectivity index is 1.97. The fraction of sp³-hybridized carbons (Fsp3) is 0.263. The van der Waals surface area contributed by atoms with Gasteiger partial charge in [0.2, 0.25) is 0 Å². The summed E-state index contributed by atoms with van der Waals surface area (Å²) >= 11 is 6.14. The average Bonchev–Trinajstić information content (AvgIpc) is 2.70. The zero-order chi connectivity index (χ0) is 20.3. The summed E-state index contributed by atoms with van der Waals surface area (Å²) in [5, 5.41) is 4.20. The fourth-order valence-electron chi connectivity index (χ4n) is 2.57. The topological polar surface area (TPSA) is 95.3 Å². The quantitative estimate of drug-likeness (QED) is 0.648. The van der Waals surface area contributed by atoms with E-state index in [2.05, 4.69) is 15.3 Å². The minimum absolute atomic E-state index is 0.0788. The third kappa shape index (κ3) is 4.07. The molecule has 0 radical (unpaired) electrons. The van der Waals surface area contributed by atoms with Crippen molar-refractivity contribution in [1.82, 2.24) is 14.5 Å². The van der Waals surface area contributed by atoms with Gasteiger partial charge in [0.05, 0.1) is 18.8 Å². The lowest BCUT2D eigenvalue weighted by atomic mass is 10.2. The SMILES string of the molecule is CCC(=O)COc1cc2cc(Nc3nc(OC)ncc3Cl)ccc2n(C)c1=O. The summed E-state index contributed by atoms with van der Waals surface area (Å²) in [6.45, 7) is 1.61. The predicted molar refractivity (Wildman–Crippen MR) is 107 cm³/mol. The molecule has 0 bridgehead atoms. The standard InChI is InChI=1S/C19H19ClN4O4/c1-4-13(25)10-28-16-8-11-7-12(5-6-15(11)24(2)18(16)26)22-17-14(20)9-21-19(23-17)27-3/h5-9H,4,10H2,1-3H3,(H,21,22,23). The Bertz CT molecular complexity index is 1100. The Morgan fingerprint density at radius 2 is 2.11 bits per heavy atom. The van der Waals surface area contributed by atoms with Crippen molar-refractivity contribution in [2.24, 2.45) is 7.05 Å². The highest BCUT2D eigenvalue weighted by molar-refractivity contribution is 6.32. The summed E-state index contributed by atoms with van der Waals surface area (Å²) in [6.07, 6.45) is 1.79. The second-order valence-electron chi connectivity index (χ2n) is 6.01. The van der Waals surface area contributed by atoms with E-state index in [1.54, 1.807) is 32.2 Å². The molecule has 0 atom stereocenters. The number of hydrogen-bond donors (Lipinski definition) is 1. The number of ketones is 1. The monoisotopic (exact) mass is 402 g/mol. The third-order valence-corrected chi connectivity index (χ3v) is 4.42. The number of carbonyl (C=O) groups excluding carboxylic acids is 1. The lowest BCUT2D eigenvalue weighted by Gasteiger charge is -2.12. The van der Waals surface area contributed by atoms with Gasteiger partial charge in [-0.3, -0.25) is 9.59 Å². The van der Waals surface area contributed by atoms with Crippen molar-refractivity contribution in [3.8, 4) is 11.8 Å². The van der Waals surface area contributed by atoms with Gasteiger partial charge in [0.1, 0.15) is 11.6 Å². The molecule has 0 aliphatic rings. The fourth-order valence-corrected chi connectivity index (χ4v) is 2.71. The number of pyridine rings is 1. The van der Waals surface area contributed by atoms with Crippen LogP contribution in [0.2, 0.25) is 5.02 Å². The average molecular weight is 403 g/mol. The van der Waals surface area contributed by atoms with E-state index in [-0.39, 0.29) is 29.7 Å². The molecule has 146 valence electrons. The zero-order valence-corrected chi connectivity index (χ0v) is 16.4. The molecule has 2 aromatic heterocycles. The van der Waals surface area contributed by atoms with E-state index in [9.17, 15) is 9.59 Å². The maximum atomic E-state index is 12.4. The molecule has 1 N–H and O–H groups in total. The number of nitrogens with one attached hydrogen (secondary N) is 1. The largest absolute Gasteiger partial charge is 0.480 e. The smallest absolute Gasteiger partial charge is 0.318 e. The number of anilines is 2. The molecule has 1 aromatic carbocycles. The Kier molecular flexibility index (Phi) is 5.79.